The summed E-state index contributed by atoms with van der Waals surface area (Å²) >= 11 is 0. The van der Waals surface area contributed by atoms with Crippen LogP contribution in [-0.2, 0) is 32.4 Å². The van der Waals surface area contributed by atoms with E-state index >= 15 is 0 Å². The van der Waals surface area contributed by atoms with E-state index in [1.54, 1.807) is 36.4 Å². The fourth-order valence-electron chi connectivity index (χ4n) is 3.76. The monoisotopic (exact) mass is 386 g/mol. The summed E-state index contributed by atoms with van der Waals surface area (Å²) in [6, 6.07) is 10.1. The Kier molecular flexibility index (Phi) is 3.83. The van der Waals surface area contributed by atoms with Crippen molar-refractivity contribution in [3.63, 3.8) is 0 Å². The van der Waals surface area contributed by atoms with Gasteiger partial charge in [0.1, 0.15) is 5.69 Å². The molecule has 0 saturated carbocycles. The predicted molar refractivity (Wildman–Crippen MR) is 95.7 cm³/mol. The number of nitrogens with zero attached hydrogens (tertiary/aromatic N) is 2. The first-order chi connectivity index (χ1) is 13.1. The van der Waals surface area contributed by atoms with E-state index in [1.807, 2.05) is 7.05 Å². The Morgan fingerprint density at radius 2 is 1.85 bits per heavy atom. The Hall–Kier alpha value is -2.26. The fraction of sp³-hybridized carbons (Fsp3) is 0.316. The van der Waals surface area contributed by atoms with Gasteiger partial charge in [-0.05, 0) is 30.8 Å². The minimum atomic E-state index is -3.76. The summed E-state index contributed by atoms with van der Waals surface area (Å²) in [4.78, 5) is 2.53. The van der Waals surface area contributed by atoms with Crippen LogP contribution >= 0.6 is 0 Å². The zero-order chi connectivity index (χ0) is 18.6. The third-order valence-electron chi connectivity index (χ3n) is 4.99. The maximum atomic E-state index is 13.4. The van der Waals surface area contributed by atoms with Crippen molar-refractivity contribution < 1.29 is 22.4 Å². The van der Waals surface area contributed by atoms with Gasteiger partial charge in [-0.3, -0.25) is 4.90 Å². The highest BCUT2D eigenvalue weighted by molar-refractivity contribution is 7.91. The van der Waals surface area contributed by atoms with Gasteiger partial charge in [0, 0.05) is 18.7 Å². The summed E-state index contributed by atoms with van der Waals surface area (Å²) in [6.07, 6.45) is -0.715. The van der Waals surface area contributed by atoms with E-state index in [4.69, 9.17) is 14.0 Å². The summed E-state index contributed by atoms with van der Waals surface area (Å²) < 4.78 is 43.6. The first-order valence-corrected chi connectivity index (χ1v) is 10.2. The van der Waals surface area contributed by atoms with Gasteiger partial charge in [-0.2, -0.15) is 0 Å². The van der Waals surface area contributed by atoms with Crippen LogP contribution in [0.3, 0.4) is 0 Å². The van der Waals surface area contributed by atoms with Gasteiger partial charge in [0.2, 0.25) is 16.1 Å². The summed E-state index contributed by atoms with van der Waals surface area (Å²) in [7, 11) is -1.77. The van der Waals surface area contributed by atoms with Crippen LogP contribution in [0.25, 0.3) is 11.0 Å². The van der Waals surface area contributed by atoms with Gasteiger partial charge in [-0.25, -0.2) is 8.42 Å². The second-order valence-electron chi connectivity index (χ2n) is 6.85. The Morgan fingerprint density at radius 1 is 1.11 bits per heavy atom. The van der Waals surface area contributed by atoms with Crippen molar-refractivity contribution in [1.82, 2.24) is 10.1 Å². The van der Waals surface area contributed by atoms with Crippen LogP contribution in [0.4, 0.5) is 0 Å². The molecule has 3 aromatic rings. The lowest BCUT2D eigenvalue weighted by Crippen LogP contribution is -2.07. The average molecular weight is 386 g/mol. The molecule has 1 aromatic heterocycles. The van der Waals surface area contributed by atoms with Gasteiger partial charge in [0.15, 0.2) is 5.58 Å². The number of hydrogen-bond donors (Lipinski definition) is 0. The molecule has 8 heteroatoms. The van der Waals surface area contributed by atoms with Crippen LogP contribution in [-0.4, -0.2) is 38.7 Å². The second kappa shape index (κ2) is 6.13. The number of hydrogen-bond acceptors (Lipinski definition) is 7. The predicted octanol–water partition coefficient (Wildman–Crippen LogP) is 2.65. The lowest BCUT2D eigenvalue weighted by atomic mass is 10.1. The molecule has 0 N–H and O–H groups in total. The van der Waals surface area contributed by atoms with E-state index in [9.17, 15) is 8.42 Å². The molecule has 0 amide bonds. The van der Waals surface area contributed by atoms with E-state index in [0.717, 1.165) is 11.1 Å². The number of rotatable bonds is 3. The van der Waals surface area contributed by atoms with E-state index < -0.39 is 16.1 Å². The maximum Gasteiger partial charge on any atom is 0.207 e. The third-order valence-corrected chi connectivity index (χ3v) is 6.78. The second-order valence-corrected chi connectivity index (χ2v) is 8.76. The molecule has 0 bridgehead atoms. The van der Waals surface area contributed by atoms with Gasteiger partial charge in [0.05, 0.1) is 28.4 Å². The van der Waals surface area contributed by atoms with Crippen LogP contribution in [0.1, 0.15) is 23.1 Å². The van der Waals surface area contributed by atoms with Gasteiger partial charge < -0.3 is 14.0 Å². The molecule has 2 aromatic carbocycles. The molecule has 1 saturated heterocycles. The molecule has 2 aliphatic heterocycles. The van der Waals surface area contributed by atoms with Crippen LogP contribution in [0.2, 0.25) is 0 Å². The smallest absolute Gasteiger partial charge is 0.207 e. The lowest BCUT2D eigenvalue weighted by Gasteiger charge is -2.11. The van der Waals surface area contributed by atoms with Crippen LogP contribution in [0.5, 0.6) is 0 Å². The van der Waals surface area contributed by atoms with Crippen LogP contribution in [0.15, 0.2) is 50.7 Å². The van der Waals surface area contributed by atoms with E-state index in [-0.39, 0.29) is 9.79 Å². The topological polar surface area (TPSA) is 81.9 Å². The van der Waals surface area contributed by atoms with Crippen molar-refractivity contribution in [2.24, 2.45) is 0 Å². The third kappa shape index (κ3) is 2.60. The molecule has 5 rings (SSSR count). The standard InChI is InChI=1S/C19H18N2O5S/c1-21-10-12-9-15(27(22,23)13-5-3-2-4-6-13)16-17(19-24-7-8-25-19)20-26-18(16)14(12)11-21/h2-6,9,19H,7-8,10-11H2,1H3. The number of fused-ring (bicyclic) bond motifs is 3. The van der Waals surface area contributed by atoms with Crippen molar-refractivity contribution in [3.8, 4) is 0 Å². The minimum absolute atomic E-state index is 0.188. The first-order valence-electron chi connectivity index (χ1n) is 8.71. The van der Waals surface area contributed by atoms with Crippen molar-refractivity contribution in [3.05, 3.63) is 53.2 Å². The molecule has 27 heavy (non-hydrogen) atoms. The average Bonchev–Trinajstić information content (AvgIpc) is 3.39. The zero-order valence-electron chi connectivity index (χ0n) is 14.7. The van der Waals surface area contributed by atoms with Crippen LogP contribution in [0, 0.1) is 0 Å². The summed E-state index contributed by atoms with van der Waals surface area (Å²) in [5.41, 5.74) is 2.79. The molecule has 7 nitrogen and oxygen atoms in total. The Balaban J connectivity index is 1.81. The SMILES string of the molecule is CN1Cc2cc(S(=O)(=O)c3ccccc3)c3c(C4OCCO4)noc3c2C1. The van der Waals surface area contributed by atoms with Gasteiger partial charge >= 0.3 is 0 Å². The Labute approximate surface area is 156 Å². The highest BCUT2D eigenvalue weighted by Crippen LogP contribution is 2.41. The Bertz CT molecular complexity index is 1120. The molecule has 0 atom stereocenters. The van der Waals surface area contributed by atoms with E-state index in [0.29, 0.717) is 43.0 Å². The van der Waals surface area contributed by atoms with Gasteiger partial charge in [-0.15, -0.1) is 0 Å². The Morgan fingerprint density at radius 3 is 2.59 bits per heavy atom. The molecule has 0 unspecified atom stereocenters. The molecule has 140 valence electrons. The number of benzene rings is 2. The number of sulfone groups is 1. The molecule has 1 fully saturated rings. The van der Waals surface area contributed by atoms with Gasteiger partial charge in [0.25, 0.3) is 0 Å². The summed E-state index contributed by atoms with van der Waals surface area (Å²) in [5.74, 6) is 0. The minimum Gasteiger partial charge on any atom is -0.355 e. The summed E-state index contributed by atoms with van der Waals surface area (Å²) in [6.45, 7) is 2.22. The molecule has 2 aliphatic rings. The van der Waals surface area contributed by atoms with Crippen molar-refractivity contribution >= 4 is 20.8 Å². The molecule has 0 aliphatic carbocycles. The molecule has 3 heterocycles. The molecular formula is C19H18N2O5S. The first kappa shape index (κ1) is 16.9. The normalized spacial score (nSPS) is 18.4. The quantitative estimate of drug-likeness (QED) is 0.684. The molecule has 0 spiro atoms. The number of ether oxygens (including phenoxy) is 2. The van der Waals surface area contributed by atoms with E-state index in [2.05, 4.69) is 10.1 Å². The highest BCUT2D eigenvalue weighted by atomic mass is 32.2. The highest BCUT2D eigenvalue weighted by Gasteiger charge is 2.34. The number of aromatic nitrogens is 1. The van der Waals surface area contributed by atoms with Crippen LogP contribution < -0.4 is 0 Å². The molecular weight excluding hydrogens is 368 g/mol. The van der Waals surface area contributed by atoms with E-state index in [1.165, 1.54) is 0 Å². The maximum absolute atomic E-state index is 13.4. The fourth-order valence-corrected chi connectivity index (χ4v) is 5.29. The van der Waals surface area contributed by atoms with Crippen molar-refractivity contribution in [2.75, 3.05) is 20.3 Å². The van der Waals surface area contributed by atoms with Gasteiger partial charge in [-0.1, -0.05) is 23.4 Å². The lowest BCUT2D eigenvalue weighted by molar-refractivity contribution is -0.0481. The van der Waals surface area contributed by atoms with Crippen molar-refractivity contribution in [1.29, 1.82) is 0 Å². The largest absolute Gasteiger partial charge is 0.355 e. The van der Waals surface area contributed by atoms with Crippen molar-refractivity contribution in [2.45, 2.75) is 29.2 Å². The zero-order valence-corrected chi connectivity index (χ0v) is 15.5. The molecule has 0 radical (unpaired) electrons. The summed E-state index contributed by atoms with van der Waals surface area (Å²) in [5, 5.41) is 4.60.